The van der Waals surface area contributed by atoms with Gasteiger partial charge in [0.25, 0.3) is 5.91 Å². The van der Waals surface area contributed by atoms with Gasteiger partial charge in [0, 0.05) is 12.1 Å². The summed E-state index contributed by atoms with van der Waals surface area (Å²) in [6.07, 6.45) is 3.98. The van der Waals surface area contributed by atoms with E-state index in [2.05, 4.69) is 5.32 Å². The van der Waals surface area contributed by atoms with Crippen LogP contribution in [0.1, 0.15) is 41.6 Å². The third kappa shape index (κ3) is 3.15. The average molecular weight is 282 g/mol. The Kier molecular flexibility index (Phi) is 4.70. The Morgan fingerprint density at radius 2 is 2.00 bits per heavy atom. The van der Waals surface area contributed by atoms with Crippen LogP contribution >= 0.6 is 0 Å². The third-order valence-corrected chi connectivity index (χ3v) is 4.02. The van der Waals surface area contributed by atoms with E-state index in [1.165, 1.54) is 13.0 Å². The largest absolute Gasteiger partial charge is 0.349 e. The van der Waals surface area contributed by atoms with Crippen molar-refractivity contribution in [2.24, 2.45) is 11.7 Å². The van der Waals surface area contributed by atoms with Crippen molar-refractivity contribution in [3.63, 3.8) is 0 Å². The van der Waals surface area contributed by atoms with E-state index >= 15 is 0 Å². The summed E-state index contributed by atoms with van der Waals surface area (Å²) < 4.78 is 26.9. The molecular weight excluding hydrogens is 262 g/mol. The lowest BCUT2D eigenvalue weighted by molar-refractivity contribution is 0.0903. The molecule has 1 aliphatic carbocycles. The molecule has 5 heteroatoms. The zero-order chi connectivity index (χ0) is 14.7. The van der Waals surface area contributed by atoms with Gasteiger partial charge in [-0.25, -0.2) is 8.78 Å². The lowest BCUT2D eigenvalue weighted by Gasteiger charge is -2.31. The van der Waals surface area contributed by atoms with Gasteiger partial charge in [-0.15, -0.1) is 0 Å². The average Bonchev–Trinajstić information content (AvgIpc) is 2.43. The van der Waals surface area contributed by atoms with Crippen LogP contribution in [-0.2, 0) is 0 Å². The normalized spacial score (nSPS) is 22.6. The van der Waals surface area contributed by atoms with Crippen molar-refractivity contribution in [1.29, 1.82) is 0 Å². The second-order valence-corrected chi connectivity index (χ2v) is 5.44. The van der Waals surface area contributed by atoms with E-state index in [1.54, 1.807) is 0 Å². The second kappa shape index (κ2) is 6.31. The first kappa shape index (κ1) is 14.9. The van der Waals surface area contributed by atoms with E-state index in [9.17, 15) is 13.6 Å². The van der Waals surface area contributed by atoms with Crippen molar-refractivity contribution in [1.82, 2.24) is 5.32 Å². The van der Waals surface area contributed by atoms with Crippen molar-refractivity contribution in [3.8, 4) is 0 Å². The Morgan fingerprint density at radius 3 is 2.70 bits per heavy atom. The highest BCUT2D eigenvalue weighted by Gasteiger charge is 2.26. The number of rotatable bonds is 3. The zero-order valence-electron chi connectivity index (χ0n) is 11.6. The summed E-state index contributed by atoms with van der Waals surface area (Å²) in [5.74, 6) is -1.73. The van der Waals surface area contributed by atoms with E-state index in [1.807, 2.05) is 0 Å². The Labute approximate surface area is 117 Å². The number of nitrogens with two attached hydrogens (primary N) is 1. The summed E-state index contributed by atoms with van der Waals surface area (Å²) in [5.41, 5.74) is 5.86. The Morgan fingerprint density at radius 1 is 1.30 bits per heavy atom. The fourth-order valence-corrected chi connectivity index (χ4v) is 2.76. The number of carbonyl (C=O) groups excluding carboxylic acids is 1. The van der Waals surface area contributed by atoms with Crippen molar-refractivity contribution in [2.75, 3.05) is 6.54 Å². The molecule has 20 heavy (non-hydrogen) atoms. The molecule has 0 aromatic heterocycles. The van der Waals surface area contributed by atoms with E-state index in [-0.39, 0.29) is 23.1 Å². The summed E-state index contributed by atoms with van der Waals surface area (Å²) in [4.78, 5) is 12.1. The molecule has 0 radical (unpaired) electrons. The predicted octanol–water partition coefficient (Wildman–Crippen LogP) is 2.52. The van der Waals surface area contributed by atoms with Crippen LogP contribution in [0.4, 0.5) is 8.78 Å². The summed E-state index contributed by atoms with van der Waals surface area (Å²) in [7, 11) is 0. The van der Waals surface area contributed by atoms with Crippen molar-refractivity contribution in [3.05, 3.63) is 34.9 Å². The van der Waals surface area contributed by atoms with Crippen LogP contribution in [0.15, 0.2) is 12.1 Å². The van der Waals surface area contributed by atoms with Crippen LogP contribution < -0.4 is 11.1 Å². The number of hydrogen-bond acceptors (Lipinski definition) is 2. The van der Waals surface area contributed by atoms with Gasteiger partial charge in [-0.05, 0) is 43.9 Å². The first-order chi connectivity index (χ1) is 9.52. The lowest BCUT2D eigenvalue weighted by atomic mass is 9.84. The standard InChI is InChI=1S/C15H20F2N2O/c1-9-6-11(13(17)7-12(9)16)15(20)19-14-5-3-2-4-10(14)8-18/h6-7,10,14H,2-5,8,18H2,1H3,(H,19,20). The maximum atomic E-state index is 13.7. The number of halogens is 2. The Bertz CT molecular complexity index is 505. The topological polar surface area (TPSA) is 55.1 Å². The molecule has 2 atom stereocenters. The minimum atomic E-state index is -0.828. The molecule has 1 saturated carbocycles. The van der Waals surface area contributed by atoms with Crippen molar-refractivity contribution >= 4 is 5.91 Å². The summed E-state index contributed by atoms with van der Waals surface area (Å²) in [6.45, 7) is 2.02. The molecule has 0 heterocycles. The van der Waals surface area contributed by atoms with Gasteiger partial charge in [-0.2, -0.15) is 0 Å². The van der Waals surface area contributed by atoms with Gasteiger partial charge in [0.15, 0.2) is 0 Å². The molecule has 2 rings (SSSR count). The van der Waals surface area contributed by atoms with Gasteiger partial charge in [0.1, 0.15) is 11.6 Å². The van der Waals surface area contributed by atoms with E-state index in [0.717, 1.165) is 31.7 Å². The number of aryl methyl sites for hydroxylation is 1. The highest BCUT2D eigenvalue weighted by atomic mass is 19.1. The number of nitrogens with one attached hydrogen (secondary N) is 1. The number of hydrogen-bond donors (Lipinski definition) is 2. The maximum Gasteiger partial charge on any atom is 0.254 e. The fraction of sp³-hybridized carbons (Fsp3) is 0.533. The molecule has 1 aromatic rings. The molecule has 1 aliphatic rings. The van der Waals surface area contributed by atoms with Gasteiger partial charge in [-0.3, -0.25) is 4.79 Å². The minimum absolute atomic E-state index is 0.0222. The molecule has 0 spiro atoms. The zero-order valence-corrected chi connectivity index (χ0v) is 11.6. The van der Waals surface area contributed by atoms with Gasteiger partial charge in [0.2, 0.25) is 0 Å². The van der Waals surface area contributed by atoms with E-state index in [0.29, 0.717) is 6.54 Å². The van der Waals surface area contributed by atoms with Crippen LogP contribution in [0.2, 0.25) is 0 Å². The van der Waals surface area contributed by atoms with Crippen LogP contribution in [0, 0.1) is 24.5 Å². The predicted molar refractivity (Wildman–Crippen MR) is 73.4 cm³/mol. The Hall–Kier alpha value is -1.49. The molecule has 2 unspecified atom stereocenters. The molecule has 3 nitrogen and oxygen atoms in total. The fourth-order valence-electron chi connectivity index (χ4n) is 2.76. The summed E-state index contributed by atoms with van der Waals surface area (Å²) in [6, 6.07) is 1.98. The second-order valence-electron chi connectivity index (χ2n) is 5.44. The molecule has 1 fully saturated rings. The maximum absolute atomic E-state index is 13.7. The smallest absolute Gasteiger partial charge is 0.254 e. The van der Waals surface area contributed by atoms with E-state index < -0.39 is 17.5 Å². The van der Waals surface area contributed by atoms with Gasteiger partial charge < -0.3 is 11.1 Å². The molecule has 1 aromatic carbocycles. The monoisotopic (exact) mass is 282 g/mol. The minimum Gasteiger partial charge on any atom is -0.349 e. The number of amides is 1. The summed E-state index contributed by atoms with van der Waals surface area (Å²) >= 11 is 0. The third-order valence-electron chi connectivity index (χ3n) is 4.02. The first-order valence-electron chi connectivity index (χ1n) is 6.99. The van der Waals surface area contributed by atoms with Crippen molar-refractivity contribution in [2.45, 2.75) is 38.6 Å². The number of benzene rings is 1. The van der Waals surface area contributed by atoms with Crippen LogP contribution in [0.3, 0.4) is 0 Å². The number of carbonyl (C=O) groups is 1. The van der Waals surface area contributed by atoms with Gasteiger partial charge >= 0.3 is 0 Å². The molecular formula is C15H20F2N2O. The molecule has 0 saturated heterocycles. The van der Waals surface area contributed by atoms with Gasteiger partial charge in [0.05, 0.1) is 5.56 Å². The molecule has 0 aliphatic heterocycles. The van der Waals surface area contributed by atoms with Crippen LogP contribution in [0.5, 0.6) is 0 Å². The molecule has 1 amide bonds. The van der Waals surface area contributed by atoms with E-state index in [4.69, 9.17) is 5.73 Å². The summed E-state index contributed by atoms with van der Waals surface area (Å²) in [5, 5.41) is 2.84. The highest BCUT2D eigenvalue weighted by molar-refractivity contribution is 5.94. The molecule has 110 valence electrons. The van der Waals surface area contributed by atoms with Gasteiger partial charge in [-0.1, -0.05) is 12.8 Å². The quantitative estimate of drug-likeness (QED) is 0.895. The Balaban J connectivity index is 2.13. The van der Waals surface area contributed by atoms with Crippen molar-refractivity contribution < 1.29 is 13.6 Å². The first-order valence-corrected chi connectivity index (χ1v) is 6.99. The van der Waals surface area contributed by atoms with Crippen LogP contribution in [-0.4, -0.2) is 18.5 Å². The van der Waals surface area contributed by atoms with Crippen LogP contribution in [0.25, 0.3) is 0 Å². The highest BCUT2D eigenvalue weighted by Crippen LogP contribution is 2.24. The SMILES string of the molecule is Cc1cc(C(=O)NC2CCCCC2CN)c(F)cc1F. The molecule has 3 N–H and O–H groups in total. The molecule has 0 bridgehead atoms. The lowest BCUT2D eigenvalue weighted by Crippen LogP contribution is -2.45.